The first-order valence-electron chi connectivity index (χ1n) is 15.3. The fourth-order valence-electron chi connectivity index (χ4n) is 7.10. The molecule has 0 bridgehead atoms. The molecule has 0 heterocycles. The predicted octanol–water partition coefficient (Wildman–Crippen LogP) is 12.5. The second kappa shape index (κ2) is 9.93. The third-order valence-corrected chi connectivity index (χ3v) is 9.14. The molecule has 0 aromatic heterocycles. The Hall–Kier alpha value is -5.72. The molecule has 0 radical (unpaired) electrons. The van der Waals surface area contributed by atoms with E-state index >= 15 is 0 Å². The molecule has 0 atom stereocenters. The van der Waals surface area contributed by atoms with Crippen molar-refractivity contribution >= 4 is 53.9 Å². The molecule has 0 amide bonds. The molecular weight excluding hydrogens is 528 g/mol. The Morgan fingerprint density at radius 3 is 1.02 bits per heavy atom. The number of rotatable bonds is 3. The van der Waals surface area contributed by atoms with Crippen molar-refractivity contribution in [2.24, 2.45) is 0 Å². The van der Waals surface area contributed by atoms with E-state index in [9.17, 15) is 0 Å². The van der Waals surface area contributed by atoms with Crippen LogP contribution in [0.1, 0.15) is 0 Å². The summed E-state index contributed by atoms with van der Waals surface area (Å²) in [6, 6.07) is 62.6. The first-order valence-corrected chi connectivity index (χ1v) is 15.3. The maximum Gasteiger partial charge on any atom is -0.00264 e. The molecule has 0 aliphatic rings. The zero-order valence-corrected chi connectivity index (χ0v) is 24.2. The summed E-state index contributed by atoms with van der Waals surface area (Å²) in [6.45, 7) is 0. The number of fused-ring (bicyclic) bond motifs is 5. The van der Waals surface area contributed by atoms with Crippen molar-refractivity contribution in [1.82, 2.24) is 0 Å². The van der Waals surface area contributed by atoms with Crippen LogP contribution in [0.3, 0.4) is 0 Å². The zero-order chi connectivity index (χ0) is 29.0. The molecule has 204 valence electrons. The number of benzene rings is 9. The molecule has 9 aromatic carbocycles. The minimum absolute atomic E-state index is 1.22. The van der Waals surface area contributed by atoms with E-state index in [1.165, 1.54) is 87.2 Å². The van der Waals surface area contributed by atoms with E-state index in [4.69, 9.17) is 0 Å². The molecule has 0 fully saturated rings. The second-order valence-corrected chi connectivity index (χ2v) is 11.7. The molecule has 44 heavy (non-hydrogen) atoms. The Balaban J connectivity index is 1.43. The average Bonchev–Trinajstić information content (AvgIpc) is 3.09. The van der Waals surface area contributed by atoms with E-state index in [2.05, 4.69) is 170 Å². The van der Waals surface area contributed by atoms with Crippen LogP contribution >= 0.6 is 0 Å². The van der Waals surface area contributed by atoms with Gasteiger partial charge < -0.3 is 0 Å². The smallest absolute Gasteiger partial charge is 0.00264 e. The molecule has 0 nitrogen and oxygen atoms in total. The summed E-state index contributed by atoms with van der Waals surface area (Å²) in [5.74, 6) is 0. The minimum Gasteiger partial charge on any atom is -0.0616 e. The van der Waals surface area contributed by atoms with E-state index < -0.39 is 0 Å². The van der Waals surface area contributed by atoms with Crippen LogP contribution in [-0.2, 0) is 0 Å². The Morgan fingerprint density at radius 1 is 0.205 bits per heavy atom. The lowest BCUT2D eigenvalue weighted by atomic mass is 9.86. The van der Waals surface area contributed by atoms with Gasteiger partial charge in [0.1, 0.15) is 0 Å². The topological polar surface area (TPSA) is 0 Å². The summed E-state index contributed by atoms with van der Waals surface area (Å²) < 4.78 is 0. The molecule has 0 N–H and O–H groups in total. The van der Waals surface area contributed by atoms with E-state index in [0.717, 1.165) is 0 Å². The average molecular weight is 557 g/mol. The van der Waals surface area contributed by atoms with Crippen molar-refractivity contribution in [1.29, 1.82) is 0 Å². The maximum absolute atomic E-state index is 2.42. The lowest BCUT2D eigenvalue weighted by molar-refractivity contribution is 1.62. The van der Waals surface area contributed by atoms with Gasteiger partial charge in [0.15, 0.2) is 0 Å². The van der Waals surface area contributed by atoms with Gasteiger partial charge in [-0.05, 0) is 124 Å². The minimum atomic E-state index is 1.22. The molecule has 0 saturated carbocycles. The van der Waals surface area contributed by atoms with Crippen LogP contribution in [0.4, 0.5) is 0 Å². The van der Waals surface area contributed by atoms with Crippen molar-refractivity contribution < 1.29 is 0 Å². The summed E-state index contributed by atoms with van der Waals surface area (Å²) >= 11 is 0. The number of hydrogen-bond donors (Lipinski definition) is 0. The summed E-state index contributed by atoms with van der Waals surface area (Å²) in [5.41, 5.74) is 7.48. The second-order valence-electron chi connectivity index (χ2n) is 11.7. The summed E-state index contributed by atoms with van der Waals surface area (Å²) in [4.78, 5) is 0. The third kappa shape index (κ3) is 4.00. The van der Waals surface area contributed by atoms with Crippen LogP contribution in [0.5, 0.6) is 0 Å². The molecule has 0 spiro atoms. The van der Waals surface area contributed by atoms with Crippen LogP contribution in [0.2, 0.25) is 0 Å². The van der Waals surface area contributed by atoms with Crippen molar-refractivity contribution in [2.45, 2.75) is 0 Å². The van der Waals surface area contributed by atoms with Gasteiger partial charge in [-0.3, -0.25) is 0 Å². The summed E-state index contributed by atoms with van der Waals surface area (Å²) in [5, 5.41) is 12.6. The van der Waals surface area contributed by atoms with Crippen molar-refractivity contribution in [3.05, 3.63) is 170 Å². The third-order valence-electron chi connectivity index (χ3n) is 9.14. The number of hydrogen-bond acceptors (Lipinski definition) is 0. The van der Waals surface area contributed by atoms with Gasteiger partial charge in [-0.25, -0.2) is 0 Å². The van der Waals surface area contributed by atoms with Crippen LogP contribution in [0.15, 0.2) is 170 Å². The monoisotopic (exact) mass is 556 g/mol. The van der Waals surface area contributed by atoms with E-state index in [1.54, 1.807) is 0 Å². The fourth-order valence-corrected chi connectivity index (χ4v) is 7.10. The van der Waals surface area contributed by atoms with Crippen LogP contribution < -0.4 is 0 Å². The van der Waals surface area contributed by atoms with Gasteiger partial charge in [-0.15, -0.1) is 0 Å². The van der Waals surface area contributed by atoms with Gasteiger partial charge in [0.25, 0.3) is 0 Å². The van der Waals surface area contributed by atoms with Gasteiger partial charge in [-0.2, -0.15) is 0 Å². The lowest BCUT2D eigenvalue weighted by Crippen LogP contribution is -1.91. The predicted molar refractivity (Wildman–Crippen MR) is 190 cm³/mol. The molecule has 9 rings (SSSR count). The first-order chi connectivity index (χ1) is 21.8. The Kier molecular flexibility index (Phi) is 5.61. The molecule has 0 saturated heterocycles. The van der Waals surface area contributed by atoms with E-state index in [-0.39, 0.29) is 0 Å². The maximum atomic E-state index is 2.42. The highest BCUT2D eigenvalue weighted by Crippen LogP contribution is 2.43. The Morgan fingerprint density at radius 2 is 0.568 bits per heavy atom. The van der Waals surface area contributed by atoms with Gasteiger partial charge in [0, 0.05) is 0 Å². The molecule has 9 aromatic rings. The van der Waals surface area contributed by atoms with Crippen LogP contribution in [0, 0.1) is 0 Å². The van der Waals surface area contributed by atoms with Gasteiger partial charge >= 0.3 is 0 Å². The molecule has 0 heteroatoms. The fraction of sp³-hybridized carbons (Fsp3) is 0. The van der Waals surface area contributed by atoms with E-state index in [1.807, 2.05) is 0 Å². The molecular formula is C44H28. The molecule has 0 aliphatic carbocycles. The Bertz CT molecular complexity index is 2310. The van der Waals surface area contributed by atoms with Gasteiger partial charge in [0.2, 0.25) is 0 Å². The highest BCUT2D eigenvalue weighted by Gasteiger charge is 2.16. The van der Waals surface area contributed by atoms with Gasteiger partial charge in [0.05, 0.1) is 0 Å². The largest absolute Gasteiger partial charge is 0.0616 e. The highest BCUT2D eigenvalue weighted by atomic mass is 14.2. The standard InChI is InChI=1S/C44H28/c1-2-12-30-23-31(22-21-29(30)11-1)36-26-37(43-39-17-7-3-13-32(39)24-33-14-4-8-18-40(33)43)28-38(27-36)44-41-19-9-5-15-34(41)25-35-16-6-10-20-42(35)44/h1-28H. The van der Waals surface area contributed by atoms with Crippen molar-refractivity contribution in [3.8, 4) is 33.4 Å². The first kappa shape index (κ1) is 24.8. The quantitative estimate of drug-likeness (QED) is 0.190. The molecule has 0 aliphatic heterocycles. The SMILES string of the molecule is c1ccc2cc(-c3cc(-c4c5ccccc5cc5ccccc45)cc(-c4c5ccccc5cc5ccccc45)c3)ccc2c1. The Labute approximate surface area is 256 Å². The van der Waals surface area contributed by atoms with E-state index in [0.29, 0.717) is 0 Å². The summed E-state index contributed by atoms with van der Waals surface area (Å²) in [7, 11) is 0. The van der Waals surface area contributed by atoms with Crippen LogP contribution in [0.25, 0.3) is 87.2 Å². The molecule has 0 unspecified atom stereocenters. The van der Waals surface area contributed by atoms with Crippen molar-refractivity contribution in [3.63, 3.8) is 0 Å². The lowest BCUT2D eigenvalue weighted by Gasteiger charge is -2.18. The highest BCUT2D eigenvalue weighted by molar-refractivity contribution is 6.16. The van der Waals surface area contributed by atoms with Crippen molar-refractivity contribution in [2.75, 3.05) is 0 Å². The summed E-state index contributed by atoms with van der Waals surface area (Å²) in [6.07, 6.45) is 0. The van der Waals surface area contributed by atoms with Crippen LogP contribution in [-0.4, -0.2) is 0 Å². The zero-order valence-electron chi connectivity index (χ0n) is 24.2. The van der Waals surface area contributed by atoms with Gasteiger partial charge in [-0.1, -0.05) is 133 Å². The normalized spacial score (nSPS) is 11.6.